The number of hydrogen-bond donors (Lipinski definition) is 2. The van der Waals surface area contributed by atoms with Gasteiger partial charge in [0.05, 0.1) is 19.9 Å². The molecule has 7 heteroatoms. The van der Waals surface area contributed by atoms with Crippen LogP contribution in [0.15, 0.2) is 48.5 Å². The predicted octanol–water partition coefficient (Wildman–Crippen LogP) is 4.36. The van der Waals surface area contributed by atoms with Gasteiger partial charge in [0.15, 0.2) is 0 Å². The van der Waals surface area contributed by atoms with Gasteiger partial charge in [0.2, 0.25) is 0 Å². The second-order valence-electron chi connectivity index (χ2n) is 6.34. The number of nitrogens with zero attached hydrogens (tertiary/aromatic N) is 2. The first-order valence-electron chi connectivity index (χ1n) is 9.28. The molecule has 1 aromatic heterocycles. The van der Waals surface area contributed by atoms with E-state index in [1.54, 1.807) is 45.4 Å². The number of carbonyl (C=O) groups excluding carboxylic acids is 1. The molecule has 0 bridgehead atoms. The standard InChI is InChI=1S/C22H24N4O3/c1-5-15-8-6-7-9-17(15)25-21-13-19(23-14(2)24-21)22(27)26-18-12-16(28-3)10-11-20(18)29-4/h6-13H,5H2,1-4H3,(H,26,27)(H,23,24,25). The Morgan fingerprint density at radius 1 is 1.00 bits per heavy atom. The molecule has 0 saturated heterocycles. The maximum atomic E-state index is 12.8. The Morgan fingerprint density at radius 3 is 2.52 bits per heavy atom. The van der Waals surface area contributed by atoms with Gasteiger partial charge in [-0.2, -0.15) is 0 Å². The molecule has 0 radical (unpaired) electrons. The van der Waals surface area contributed by atoms with Gasteiger partial charge in [-0.15, -0.1) is 0 Å². The maximum Gasteiger partial charge on any atom is 0.274 e. The zero-order valence-corrected chi connectivity index (χ0v) is 16.9. The third kappa shape index (κ3) is 4.82. The van der Waals surface area contributed by atoms with Gasteiger partial charge in [-0.3, -0.25) is 4.79 Å². The summed E-state index contributed by atoms with van der Waals surface area (Å²) in [6, 6.07) is 14.8. The second-order valence-corrected chi connectivity index (χ2v) is 6.34. The molecule has 29 heavy (non-hydrogen) atoms. The molecule has 1 heterocycles. The van der Waals surface area contributed by atoms with Crippen LogP contribution in [0.25, 0.3) is 0 Å². The Balaban J connectivity index is 1.87. The predicted molar refractivity (Wildman–Crippen MR) is 113 cm³/mol. The van der Waals surface area contributed by atoms with E-state index in [9.17, 15) is 4.79 Å². The molecule has 150 valence electrons. The zero-order valence-electron chi connectivity index (χ0n) is 16.9. The number of ether oxygens (including phenoxy) is 2. The number of nitrogens with one attached hydrogen (secondary N) is 2. The molecule has 0 unspecified atom stereocenters. The van der Waals surface area contributed by atoms with Gasteiger partial charge in [-0.1, -0.05) is 25.1 Å². The Kier molecular flexibility index (Phi) is 6.29. The number of amides is 1. The SMILES string of the molecule is CCc1ccccc1Nc1cc(C(=O)Nc2cc(OC)ccc2OC)nc(C)n1. The van der Waals surface area contributed by atoms with Gasteiger partial charge >= 0.3 is 0 Å². The van der Waals surface area contributed by atoms with E-state index in [0.717, 1.165) is 17.7 Å². The fraction of sp³-hybridized carbons (Fsp3) is 0.227. The third-order valence-electron chi connectivity index (χ3n) is 4.39. The van der Waals surface area contributed by atoms with Gasteiger partial charge in [0.1, 0.15) is 28.8 Å². The van der Waals surface area contributed by atoms with Crippen LogP contribution in [0, 0.1) is 6.92 Å². The van der Waals surface area contributed by atoms with E-state index in [2.05, 4.69) is 33.6 Å². The van der Waals surface area contributed by atoms with E-state index in [1.165, 1.54) is 0 Å². The van der Waals surface area contributed by atoms with Crippen LogP contribution in [0.5, 0.6) is 11.5 Å². The van der Waals surface area contributed by atoms with Crippen molar-refractivity contribution in [3.63, 3.8) is 0 Å². The van der Waals surface area contributed by atoms with Crippen LogP contribution >= 0.6 is 0 Å². The Hall–Kier alpha value is -3.61. The zero-order chi connectivity index (χ0) is 20.8. The highest BCUT2D eigenvalue weighted by atomic mass is 16.5. The third-order valence-corrected chi connectivity index (χ3v) is 4.39. The highest BCUT2D eigenvalue weighted by molar-refractivity contribution is 6.04. The van der Waals surface area contributed by atoms with Crippen LogP contribution < -0.4 is 20.1 Å². The van der Waals surface area contributed by atoms with Gasteiger partial charge in [0.25, 0.3) is 5.91 Å². The number of aryl methyl sites for hydroxylation is 2. The summed E-state index contributed by atoms with van der Waals surface area (Å²) in [5, 5.41) is 6.12. The maximum absolute atomic E-state index is 12.8. The van der Waals surface area contributed by atoms with Crippen molar-refractivity contribution in [3.05, 3.63) is 65.6 Å². The number of carbonyl (C=O) groups is 1. The highest BCUT2D eigenvalue weighted by Gasteiger charge is 2.15. The first-order valence-corrected chi connectivity index (χ1v) is 9.28. The topological polar surface area (TPSA) is 85.4 Å². The number of hydrogen-bond acceptors (Lipinski definition) is 6. The Morgan fingerprint density at radius 2 is 1.79 bits per heavy atom. The number of benzene rings is 2. The van der Waals surface area contributed by atoms with Crippen molar-refractivity contribution in [3.8, 4) is 11.5 Å². The van der Waals surface area contributed by atoms with E-state index in [1.807, 2.05) is 18.2 Å². The minimum Gasteiger partial charge on any atom is -0.497 e. The molecule has 1 amide bonds. The normalized spacial score (nSPS) is 10.3. The lowest BCUT2D eigenvalue weighted by atomic mass is 10.1. The van der Waals surface area contributed by atoms with Crippen LogP contribution in [0.4, 0.5) is 17.2 Å². The summed E-state index contributed by atoms with van der Waals surface area (Å²) in [6.07, 6.45) is 0.885. The second kappa shape index (κ2) is 9.05. The van der Waals surface area contributed by atoms with Gasteiger partial charge in [-0.25, -0.2) is 9.97 Å². The number of para-hydroxylation sites is 1. The van der Waals surface area contributed by atoms with E-state index in [4.69, 9.17) is 9.47 Å². The Labute approximate surface area is 170 Å². The largest absolute Gasteiger partial charge is 0.497 e. The minimum atomic E-state index is -0.367. The lowest BCUT2D eigenvalue weighted by Crippen LogP contribution is -2.16. The first kappa shape index (κ1) is 20.1. The molecule has 0 saturated carbocycles. The summed E-state index contributed by atoms with van der Waals surface area (Å²) in [7, 11) is 3.10. The number of aromatic nitrogens is 2. The molecule has 0 aliphatic heterocycles. The molecule has 2 aromatic carbocycles. The monoisotopic (exact) mass is 392 g/mol. The van der Waals surface area contributed by atoms with Gasteiger partial charge < -0.3 is 20.1 Å². The molecule has 2 N–H and O–H groups in total. The summed E-state index contributed by atoms with van der Waals surface area (Å²) in [4.78, 5) is 21.5. The van der Waals surface area contributed by atoms with E-state index in [-0.39, 0.29) is 11.6 Å². The molecular weight excluding hydrogens is 368 g/mol. The molecule has 0 spiro atoms. The summed E-state index contributed by atoms with van der Waals surface area (Å²) in [6.45, 7) is 3.84. The minimum absolute atomic E-state index is 0.249. The van der Waals surface area contributed by atoms with E-state index < -0.39 is 0 Å². The summed E-state index contributed by atoms with van der Waals surface area (Å²) in [5.41, 5.74) is 2.86. The van der Waals surface area contributed by atoms with Gasteiger partial charge in [-0.05, 0) is 37.1 Å². The number of anilines is 3. The van der Waals surface area contributed by atoms with E-state index in [0.29, 0.717) is 28.8 Å². The molecule has 3 aromatic rings. The van der Waals surface area contributed by atoms with Crippen LogP contribution in [0.3, 0.4) is 0 Å². The fourth-order valence-corrected chi connectivity index (χ4v) is 2.93. The fourth-order valence-electron chi connectivity index (χ4n) is 2.93. The molecule has 0 atom stereocenters. The van der Waals surface area contributed by atoms with Crippen molar-refractivity contribution in [1.29, 1.82) is 0 Å². The molecule has 7 nitrogen and oxygen atoms in total. The average molecular weight is 392 g/mol. The van der Waals surface area contributed by atoms with E-state index >= 15 is 0 Å². The first-order chi connectivity index (χ1) is 14.0. The van der Waals surface area contributed by atoms with Crippen molar-refractivity contribution < 1.29 is 14.3 Å². The van der Waals surface area contributed by atoms with Crippen molar-refractivity contribution in [2.45, 2.75) is 20.3 Å². The number of rotatable bonds is 7. The Bertz CT molecular complexity index is 1020. The molecular formula is C22H24N4O3. The molecule has 0 aliphatic carbocycles. The molecule has 0 fully saturated rings. The van der Waals surface area contributed by atoms with Crippen molar-refractivity contribution in [1.82, 2.24) is 9.97 Å². The molecule has 3 rings (SSSR count). The lowest BCUT2D eigenvalue weighted by Gasteiger charge is -2.13. The number of methoxy groups -OCH3 is 2. The van der Waals surface area contributed by atoms with Crippen molar-refractivity contribution >= 4 is 23.1 Å². The van der Waals surface area contributed by atoms with Crippen molar-refractivity contribution in [2.24, 2.45) is 0 Å². The quantitative estimate of drug-likeness (QED) is 0.621. The van der Waals surface area contributed by atoms with Crippen LogP contribution in [-0.2, 0) is 6.42 Å². The summed E-state index contributed by atoms with van der Waals surface area (Å²) in [5.74, 6) is 1.82. The average Bonchev–Trinajstić information content (AvgIpc) is 2.73. The summed E-state index contributed by atoms with van der Waals surface area (Å²) >= 11 is 0. The highest BCUT2D eigenvalue weighted by Crippen LogP contribution is 2.29. The molecule has 0 aliphatic rings. The van der Waals surface area contributed by atoms with Gasteiger partial charge in [0, 0.05) is 17.8 Å². The van der Waals surface area contributed by atoms with Crippen molar-refractivity contribution in [2.75, 3.05) is 24.9 Å². The van der Waals surface area contributed by atoms with Crippen LogP contribution in [0.2, 0.25) is 0 Å². The van der Waals surface area contributed by atoms with Crippen LogP contribution in [-0.4, -0.2) is 30.1 Å². The lowest BCUT2D eigenvalue weighted by molar-refractivity contribution is 0.102. The van der Waals surface area contributed by atoms with Crippen LogP contribution in [0.1, 0.15) is 28.8 Å². The smallest absolute Gasteiger partial charge is 0.274 e. The summed E-state index contributed by atoms with van der Waals surface area (Å²) < 4.78 is 10.5.